The van der Waals surface area contributed by atoms with Crippen LogP contribution in [-0.2, 0) is 4.79 Å². The van der Waals surface area contributed by atoms with E-state index in [0.717, 1.165) is 0 Å². The minimum absolute atomic E-state index is 0.464. The van der Waals surface area contributed by atoms with E-state index in [-0.39, 0.29) is 0 Å². The third-order valence-electron chi connectivity index (χ3n) is 2.36. The van der Waals surface area contributed by atoms with Gasteiger partial charge >= 0.3 is 12.0 Å². The van der Waals surface area contributed by atoms with Gasteiger partial charge in [0, 0.05) is 11.8 Å². The largest absolute Gasteiger partial charge is 0.493 e. The highest BCUT2D eigenvalue weighted by atomic mass is 16.5. The number of benzene rings is 1. The van der Waals surface area contributed by atoms with Crippen LogP contribution < -0.4 is 20.1 Å². The highest BCUT2D eigenvalue weighted by Crippen LogP contribution is 2.29. The number of ether oxygens (including phenoxy) is 2. The van der Waals surface area contributed by atoms with Crippen molar-refractivity contribution in [1.82, 2.24) is 5.32 Å². The molecular weight excluding hydrogens is 252 g/mol. The van der Waals surface area contributed by atoms with Crippen molar-refractivity contribution < 1.29 is 24.2 Å². The van der Waals surface area contributed by atoms with Crippen molar-refractivity contribution in [2.45, 2.75) is 13.0 Å². The second-order valence-electron chi connectivity index (χ2n) is 3.73. The summed E-state index contributed by atoms with van der Waals surface area (Å²) < 4.78 is 10.1. The summed E-state index contributed by atoms with van der Waals surface area (Å²) in [7, 11) is 2.99. The SMILES string of the molecule is COc1ccc(NC(=O)NC(C)C(=O)O)cc1OC. The lowest BCUT2D eigenvalue weighted by atomic mass is 10.2. The molecule has 0 saturated carbocycles. The van der Waals surface area contributed by atoms with Gasteiger partial charge in [0.05, 0.1) is 14.2 Å². The molecule has 0 aliphatic carbocycles. The molecule has 1 aromatic carbocycles. The van der Waals surface area contributed by atoms with Crippen LogP contribution in [-0.4, -0.2) is 37.4 Å². The van der Waals surface area contributed by atoms with Crippen LogP contribution in [0.4, 0.5) is 10.5 Å². The first kappa shape index (κ1) is 14.6. The van der Waals surface area contributed by atoms with E-state index in [2.05, 4.69) is 10.6 Å². The second-order valence-corrected chi connectivity index (χ2v) is 3.73. The molecule has 104 valence electrons. The van der Waals surface area contributed by atoms with Crippen molar-refractivity contribution in [3.63, 3.8) is 0 Å². The molecule has 0 fully saturated rings. The Labute approximate surface area is 110 Å². The number of carboxylic acid groups (broad SMARTS) is 1. The van der Waals surface area contributed by atoms with Gasteiger partial charge in [-0.3, -0.25) is 4.79 Å². The molecule has 1 atom stereocenters. The van der Waals surface area contributed by atoms with Gasteiger partial charge in [-0.1, -0.05) is 0 Å². The smallest absolute Gasteiger partial charge is 0.325 e. The molecule has 2 amide bonds. The number of rotatable bonds is 5. The Morgan fingerprint density at radius 1 is 1.21 bits per heavy atom. The molecular formula is C12H16N2O5. The number of hydrogen-bond donors (Lipinski definition) is 3. The molecule has 7 heteroatoms. The van der Waals surface area contributed by atoms with Gasteiger partial charge in [0.25, 0.3) is 0 Å². The fraction of sp³-hybridized carbons (Fsp3) is 0.333. The molecule has 0 aliphatic rings. The lowest BCUT2D eigenvalue weighted by molar-refractivity contribution is -0.138. The third-order valence-corrected chi connectivity index (χ3v) is 2.36. The summed E-state index contributed by atoms with van der Waals surface area (Å²) in [5, 5.41) is 13.4. The molecule has 0 bridgehead atoms. The van der Waals surface area contributed by atoms with Crippen molar-refractivity contribution in [2.75, 3.05) is 19.5 Å². The number of urea groups is 1. The van der Waals surface area contributed by atoms with Crippen molar-refractivity contribution in [1.29, 1.82) is 0 Å². The lowest BCUT2D eigenvalue weighted by Gasteiger charge is -2.12. The highest BCUT2D eigenvalue weighted by Gasteiger charge is 2.14. The number of methoxy groups -OCH3 is 2. The zero-order chi connectivity index (χ0) is 14.4. The normalized spacial score (nSPS) is 11.3. The van der Waals surface area contributed by atoms with E-state index in [0.29, 0.717) is 17.2 Å². The number of carbonyl (C=O) groups excluding carboxylic acids is 1. The zero-order valence-electron chi connectivity index (χ0n) is 10.9. The molecule has 1 aromatic rings. The summed E-state index contributed by atoms with van der Waals surface area (Å²) in [4.78, 5) is 22.1. The van der Waals surface area contributed by atoms with Crippen molar-refractivity contribution in [2.24, 2.45) is 0 Å². The minimum atomic E-state index is -1.11. The lowest BCUT2D eigenvalue weighted by Crippen LogP contribution is -2.40. The van der Waals surface area contributed by atoms with Crippen LogP contribution in [0.1, 0.15) is 6.92 Å². The zero-order valence-corrected chi connectivity index (χ0v) is 10.9. The highest BCUT2D eigenvalue weighted by molar-refractivity contribution is 5.92. The van der Waals surface area contributed by atoms with Gasteiger partial charge in [-0.05, 0) is 19.1 Å². The average molecular weight is 268 g/mol. The van der Waals surface area contributed by atoms with Crippen LogP contribution >= 0.6 is 0 Å². The second kappa shape index (κ2) is 6.48. The fourth-order valence-corrected chi connectivity index (χ4v) is 1.34. The molecule has 19 heavy (non-hydrogen) atoms. The van der Waals surface area contributed by atoms with E-state index in [1.54, 1.807) is 18.2 Å². The summed E-state index contributed by atoms with van der Waals surface area (Å²) in [5.41, 5.74) is 0.465. The van der Waals surface area contributed by atoms with Crippen LogP contribution in [0, 0.1) is 0 Å². The predicted octanol–water partition coefficient (Wildman–Crippen LogP) is 1.30. The van der Waals surface area contributed by atoms with Crippen molar-refractivity contribution >= 4 is 17.7 Å². The summed E-state index contributed by atoms with van der Waals surface area (Å²) >= 11 is 0. The maximum Gasteiger partial charge on any atom is 0.325 e. The molecule has 0 heterocycles. The molecule has 0 spiro atoms. The molecule has 0 aliphatic heterocycles. The minimum Gasteiger partial charge on any atom is -0.493 e. The van der Waals surface area contributed by atoms with E-state index >= 15 is 0 Å². The number of nitrogens with one attached hydrogen (secondary N) is 2. The van der Waals surface area contributed by atoms with Crippen molar-refractivity contribution in [3.05, 3.63) is 18.2 Å². The maximum absolute atomic E-state index is 11.5. The van der Waals surface area contributed by atoms with Gasteiger partial charge in [-0.25, -0.2) is 4.79 Å². The number of carboxylic acids is 1. The van der Waals surface area contributed by atoms with Crippen molar-refractivity contribution in [3.8, 4) is 11.5 Å². The molecule has 1 unspecified atom stereocenters. The van der Waals surface area contributed by atoms with Gasteiger partial charge in [-0.15, -0.1) is 0 Å². The molecule has 0 saturated heterocycles. The van der Waals surface area contributed by atoms with Crippen LogP contribution in [0.15, 0.2) is 18.2 Å². The topological polar surface area (TPSA) is 96.9 Å². The van der Waals surface area contributed by atoms with E-state index in [1.165, 1.54) is 21.1 Å². The quantitative estimate of drug-likeness (QED) is 0.747. The Kier molecular flexibility index (Phi) is 4.99. The van der Waals surface area contributed by atoms with Crippen LogP contribution in [0.2, 0.25) is 0 Å². The predicted molar refractivity (Wildman–Crippen MR) is 68.8 cm³/mol. The summed E-state index contributed by atoms with van der Waals surface area (Å²) in [5.74, 6) is -0.110. The Morgan fingerprint density at radius 2 is 1.84 bits per heavy atom. The number of hydrogen-bond acceptors (Lipinski definition) is 4. The van der Waals surface area contributed by atoms with Gasteiger partial charge in [0.15, 0.2) is 11.5 Å². The van der Waals surface area contributed by atoms with Gasteiger partial charge < -0.3 is 25.2 Å². The number of anilines is 1. The van der Waals surface area contributed by atoms with E-state index in [1.807, 2.05) is 0 Å². The fourth-order valence-electron chi connectivity index (χ4n) is 1.34. The number of carbonyl (C=O) groups is 2. The van der Waals surface area contributed by atoms with Gasteiger partial charge in [0.1, 0.15) is 6.04 Å². The Hall–Kier alpha value is -2.44. The molecule has 1 rings (SSSR count). The first-order chi connectivity index (χ1) is 8.97. The summed E-state index contributed by atoms with van der Waals surface area (Å²) in [6.45, 7) is 1.37. The van der Waals surface area contributed by atoms with Gasteiger partial charge in [-0.2, -0.15) is 0 Å². The standard InChI is InChI=1S/C12H16N2O5/c1-7(11(15)16)13-12(17)14-8-4-5-9(18-2)10(6-8)19-3/h4-7H,1-3H3,(H,15,16)(H2,13,14,17). The molecule has 0 radical (unpaired) electrons. The first-order valence-corrected chi connectivity index (χ1v) is 5.50. The van der Waals surface area contributed by atoms with E-state index in [4.69, 9.17) is 14.6 Å². The Morgan fingerprint density at radius 3 is 2.37 bits per heavy atom. The molecule has 0 aromatic heterocycles. The van der Waals surface area contributed by atoms with Crippen LogP contribution in [0.3, 0.4) is 0 Å². The third kappa shape index (κ3) is 4.06. The maximum atomic E-state index is 11.5. The van der Waals surface area contributed by atoms with Gasteiger partial charge in [0.2, 0.25) is 0 Å². The molecule has 7 nitrogen and oxygen atoms in total. The first-order valence-electron chi connectivity index (χ1n) is 5.50. The number of amides is 2. The van der Waals surface area contributed by atoms with Crippen LogP contribution in [0.25, 0.3) is 0 Å². The number of aliphatic carboxylic acids is 1. The Bertz CT molecular complexity index is 475. The Balaban J connectivity index is 2.72. The molecule has 3 N–H and O–H groups in total. The summed E-state index contributed by atoms with van der Waals surface area (Å²) in [6.07, 6.45) is 0. The van der Waals surface area contributed by atoms with E-state index < -0.39 is 18.0 Å². The monoisotopic (exact) mass is 268 g/mol. The summed E-state index contributed by atoms with van der Waals surface area (Å²) in [6, 6.07) is 3.24. The van der Waals surface area contributed by atoms with E-state index in [9.17, 15) is 9.59 Å². The average Bonchev–Trinajstić information content (AvgIpc) is 2.38. The van der Waals surface area contributed by atoms with Crippen LogP contribution in [0.5, 0.6) is 11.5 Å².